The highest BCUT2D eigenvalue weighted by Gasteiger charge is 2.26. The van der Waals surface area contributed by atoms with E-state index in [0.717, 1.165) is 16.8 Å². The third-order valence-corrected chi connectivity index (χ3v) is 6.07. The maximum atomic E-state index is 13.0. The first-order valence-corrected chi connectivity index (χ1v) is 11.7. The number of pyridine rings is 1. The fourth-order valence-corrected chi connectivity index (χ4v) is 4.13. The first-order chi connectivity index (χ1) is 16.8. The maximum absolute atomic E-state index is 13.0. The van der Waals surface area contributed by atoms with Crippen LogP contribution >= 0.6 is 0 Å². The summed E-state index contributed by atoms with van der Waals surface area (Å²) in [5, 5.41) is 2.67. The third-order valence-electron chi connectivity index (χ3n) is 6.07. The van der Waals surface area contributed by atoms with Crippen LogP contribution in [0.15, 0.2) is 60.8 Å². The summed E-state index contributed by atoms with van der Waals surface area (Å²) >= 11 is 0. The SMILES string of the molecule is CC(=O)Nc1ccc(C(=O)N2CCC(Oc3ccc(-c4ccc(N(C)C)cc4)cn3)CC2)c(N)c1. The lowest BCUT2D eigenvalue weighted by molar-refractivity contribution is -0.114. The van der Waals surface area contributed by atoms with Gasteiger partial charge >= 0.3 is 0 Å². The number of rotatable bonds is 6. The molecule has 1 aromatic heterocycles. The van der Waals surface area contributed by atoms with Gasteiger partial charge in [-0.2, -0.15) is 0 Å². The number of anilines is 3. The Labute approximate surface area is 205 Å². The summed E-state index contributed by atoms with van der Waals surface area (Å²) in [5.74, 6) is 0.285. The number of benzene rings is 2. The van der Waals surface area contributed by atoms with Crippen LogP contribution in [0.2, 0.25) is 0 Å². The summed E-state index contributed by atoms with van der Waals surface area (Å²) in [7, 11) is 4.04. The van der Waals surface area contributed by atoms with E-state index in [-0.39, 0.29) is 17.9 Å². The number of nitrogen functional groups attached to an aromatic ring is 1. The molecule has 0 atom stereocenters. The molecule has 0 unspecified atom stereocenters. The van der Waals surface area contributed by atoms with E-state index in [1.807, 2.05) is 32.4 Å². The van der Waals surface area contributed by atoms with Crippen LogP contribution in [-0.2, 0) is 4.79 Å². The molecule has 0 spiro atoms. The van der Waals surface area contributed by atoms with Crippen LogP contribution < -0.4 is 20.7 Å². The molecular weight excluding hydrogens is 442 g/mol. The molecule has 4 rings (SSSR count). The molecular formula is C27H31N5O3. The monoisotopic (exact) mass is 473 g/mol. The van der Waals surface area contributed by atoms with E-state index in [1.54, 1.807) is 23.1 Å². The zero-order chi connectivity index (χ0) is 24.9. The minimum Gasteiger partial charge on any atom is -0.474 e. The summed E-state index contributed by atoms with van der Waals surface area (Å²) in [6, 6.07) is 17.2. The summed E-state index contributed by atoms with van der Waals surface area (Å²) in [6.45, 7) is 2.58. The van der Waals surface area contributed by atoms with Gasteiger partial charge in [0.2, 0.25) is 11.8 Å². The van der Waals surface area contributed by atoms with Gasteiger partial charge in [0.25, 0.3) is 5.91 Å². The van der Waals surface area contributed by atoms with Crippen LogP contribution in [-0.4, -0.2) is 55.0 Å². The number of piperidine rings is 1. The van der Waals surface area contributed by atoms with E-state index in [1.165, 1.54) is 6.92 Å². The molecule has 35 heavy (non-hydrogen) atoms. The van der Waals surface area contributed by atoms with Gasteiger partial charge in [-0.15, -0.1) is 0 Å². The van der Waals surface area contributed by atoms with Crippen molar-refractivity contribution in [3.63, 3.8) is 0 Å². The number of nitrogens with zero attached hydrogens (tertiary/aromatic N) is 3. The lowest BCUT2D eigenvalue weighted by Crippen LogP contribution is -2.42. The summed E-state index contributed by atoms with van der Waals surface area (Å²) in [6.07, 6.45) is 3.25. The number of hydrogen-bond donors (Lipinski definition) is 2. The van der Waals surface area contributed by atoms with Crippen molar-refractivity contribution in [3.8, 4) is 17.0 Å². The van der Waals surface area contributed by atoms with Crippen LogP contribution in [0.1, 0.15) is 30.1 Å². The Morgan fingerprint density at radius 3 is 2.29 bits per heavy atom. The van der Waals surface area contributed by atoms with Gasteiger partial charge in [-0.25, -0.2) is 4.98 Å². The summed E-state index contributed by atoms with van der Waals surface area (Å²) in [5.41, 5.74) is 10.7. The molecule has 0 saturated carbocycles. The largest absolute Gasteiger partial charge is 0.474 e. The second-order valence-electron chi connectivity index (χ2n) is 8.92. The highest BCUT2D eigenvalue weighted by molar-refractivity contribution is 6.00. The van der Waals surface area contributed by atoms with Gasteiger partial charge in [-0.3, -0.25) is 9.59 Å². The Hall–Kier alpha value is -4.07. The van der Waals surface area contributed by atoms with E-state index < -0.39 is 0 Å². The van der Waals surface area contributed by atoms with Crippen molar-refractivity contribution in [1.82, 2.24) is 9.88 Å². The second-order valence-corrected chi connectivity index (χ2v) is 8.92. The summed E-state index contributed by atoms with van der Waals surface area (Å²) in [4.78, 5) is 32.5. The average Bonchev–Trinajstić information content (AvgIpc) is 2.84. The highest BCUT2D eigenvalue weighted by atomic mass is 16.5. The average molecular weight is 474 g/mol. The molecule has 2 amide bonds. The van der Waals surface area contributed by atoms with E-state index >= 15 is 0 Å². The topological polar surface area (TPSA) is 101 Å². The minimum absolute atomic E-state index is 0.00346. The van der Waals surface area contributed by atoms with Crippen molar-refractivity contribution in [1.29, 1.82) is 0 Å². The normalized spacial score (nSPS) is 13.9. The number of ether oxygens (including phenoxy) is 1. The van der Waals surface area contributed by atoms with Gasteiger partial charge in [0.15, 0.2) is 0 Å². The Bertz CT molecular complexity index is 1180. The number of aromatic nitrogens is 1. The molecule has 8 nitrogen and oxygen atoms in total. The zero-order valence-electron chi connectivity index (χ0n) is 20.3. The molecule has 2 aromatic carbocycles. The van der Waals surface area contributed by atoms with Crippen molar-refractivity contribution in [3.05, 3.63) is 66.4 Å². The highest BCUT2D eigenvalue weighted by Crippen LogP contribution is 2.26. The van der Waals surface area contributed by atoms with E-state index in [0.29, 0.717) is 48.7 Å². The molecule has 0 radical (unpaired) electrons. The minimum atomic E-state index is -0.187. The standard InChI is InChI=1S/C27H31N5O3/c1-18(33)30-21-7-10-24(25(28)16-21)27(34)32-14-12-23(13-15-32)35-26-11-6-20(17-29-26)19-4-8-22(9-5-19)31(2)3/h4-11,16-17,23H,12-15,28H2,1-3H3,(H,30,33). The van der Waals surface area contributed by atoms with Crippen molar-refractivity contribution in [2.75, 3.05) is 43.1 Å². The van der Waals surface area contributed by atoms with Gasteiger partial charge < -0.3 is 25.6 Å². The first kappa shape index (κ1) is 24.1. The molecule has 1 aliphatic rings. The molecule has 1 saturated heterocycles. The lowest BCUT2D eigenvalue weighted by Gasteiger charge is -2.32. The van der Waals surface area contributed by atoms with Crippen molar-refractivity contribution in [2.45, 2.75) is 25.9 Å². The molecule has 1 aliphatic heterocycles. The van der Waals surface area contributed by atoms with E-state index in [4.69, 9.17) is 10.5 Å². The fourth-order valence-electron chi connectivity index (χ4n) is 4.13. The number of nitrogens with two attached hydrogens (primary N) is 1. The molecule has 0 aliphatic carbocycles. The number of likely N-dealkylation sites (tertiary alicyclic amines) is 1. The predicted octanol–water partition coefficient (Wildman–Crippen LogP) is 4.04. The predicted molar refractivity (Wildman–Crippen MR) is 139 cm³/mol. The number of amides is 2. The maximum Gasteiger partial charge on any atom is 0.255 e. The molecule has 2 heterocycles. The number of nitrogens with one attached hydrogen (secondary N) is 1. The van der Waals surface area contributed by atoms with Crippen LogP contribution in [0.5, 0.6) is 5.88 Å². The van der Waals surface area contributed by atoms with Crippen molar-refractivity contribution in [2.24, 2.45) is 0 Å². The number of carbonyl (C=O) groups is 2. The zero-order valence-corrected chi connectivity index (χ0v) is 20.3. The molecule has 182 valence electrons. The Morgan fingerprint density at radius 1 is 1.03 bits per heavy atom. The van der Waals surface area contributed by atoms with Gasteiger partial charge in [0, 0.05) is 81.8 Å². The second kappa shape index (κ2) is 10.5. The molecule has 3 N–H and O–H groups in total. The number of hydrogen-bond acceptors (Lipinski definition) is 6. The van der Waals surface area contributed by atoms with Crippen LogP contribution in [0.4, 0.5) is 17.1 Å². The number of carbonyl (C=O) groups excluding carboxylic acids is 2. The molecule has 3 aromatic rings. The Balaban J connectivity index is 1.31. The van der Waals surface area contributed by atoms with Gasteiger partial charge in [0.1, 0.15) is 6.10 Å². The molecule has 1 fully saturated rings. The van der Waals surface area contributed by atoms with Gasteiger partial charge in [0.05, 0.1) is 5.56 Å². The molecule has 8 heteroatoms. The van der Waals surface area contributed by atoms with Gasteiger partial charge in [-0.1, -0.05) is 12.1 Å². The van der Waals surface area contributed by atoms with Crippen molar-refractivity contribution < 1.29 is 14.3 Å². The summed E-state index contributed by atoms with van der Waals surface area (Å²) < 4.78 is 6.09. The smallest absolute Gasteiger partial charge is 0.255 e. The third kappa shape index (κ3) is 5.90. The van der Waals surface area contributed by atoms with E-state index in [2.05, 4.69) is 39.5 Å². The quantitative estimate of drug-likeness (QED) is 0.524. The first-order valence-electron chi connectivity index (χ1n) is 11.7. The van der Waals surface area contributed by atoms with E-state index in [9.17, 15) is 9.59 Å². The van der Waals surface area contributed by atoms with Crippen LogP contribution in [0.25, 0.3) is 11.1 Å². The van der Waals surface area contributed by atoms with Crippen LogP contribution in [0.3, 0.4) is 0 Å². The molecule has 0 bridgehead atoms. The Kier molecular flexibility index (Phi) is 7.19. The van der Waals surface area contributed by atoms with Crippen LogP contribution in [0, 0.1) is 0 Å². The lowest BCUT2D eigenvalue weighted by atomic mass is 10.0. The Morgan fingerprint density at radius 2 is 1.71 bits per heavy atom. The van der Waals surface area contributed by atoms with Crippen molar-refractivity contribution >= 4 is 28.9 Å². The van der Waals surface area contributed by atoms with Gasteiger partial charge in [-0.05, 0) is 42.0 Å². The fraction of sp³-hybridized carbons (Fsp3) is 0.296.